The maximum absolute atomic E-state index is 2.45. The monoisotopic (exact) mass is 870 g/mol. The van der Waals surface area contributed by atoms with Gasteiger partial charge < -0.3 is 9.47 Å². The third-order valence-electron chi connectivity index (χ3n) is 13.4. The fourth-order valence-corrected chi connectivity index (χ4v) is 11.3. The molecule has 0 N–H and O–H groups in total. The number of anilines is 3. The summed E-state index contributed by atoms with van der Waals surface area (Å²) in [6.45, 7) is 0. The Balaban J connectivity index is 0.921. The average Bonchev–Trinajstić information content (AvgIpc) is 3.95. The number of rotatable bonds is 8. The van der Waals surface area contributed by atoms with Crippen molar-refractivity contribution in [2.75, 3.05) is 4.90 Å². The minimum atomic E-state index is 1.10. The van der Waals surface area contributed by atoms with E-state index >= 15 is 0 Å². The summed E-state index contributed by atoms with van der Waals surface area (Å²) in [6, 6.07) is 93.1. The molecule has 0 radical (unpaired) electrons. The first-order valence-electron chi connectivity index (χ1n) is 22.9. The highest BCUT2D eigenvalue weighted by Crippen LogP contribution is 2.44. The van der Waals surface area contributed by atoms with E-state index in [0.717, 1.165) is 22.7 Å². The summed E-state index contributed by atoms with van der Waals surface area (Å²) >= 11 is 1.85. The molecular formula is C64H42N2S. The lowest BCUT2D eigenvalue weighted by molar-refractivity contribution is 1.19. The van der Waals surface area contributed by atoms with Crippen molar-refractivity contribution in [2.24, 2.45) is 0 Å². The Hall–Kier alpha value is -8.50. The highest BCUT2D eigenvalue weighted by atomic mass is 32.1. The van der Waals surface area contributed by atoms with Crippen LogP contribution in [-0.2, 0) is 0 Å². The van der Waals surface area contributed by atoms with E-state index in [2.05, 4.69) is 264 Å². The zero-order valence-electron chi connectivity index (χ0n) is 36.6. The topological polar surface area (TPSA) is 8.17 Å². The van der Waals surface area contributed by atoms with E-state index in [-0.39, 0.29) is 0 Å². The Morgan fingerprint density at radius 3 is 1.54 bits per heavy atom. The van der Waals surface area contributed by atoms with Crippen LogP contribution in [0.3, 0.4) is 0 Å². The van der Waals surface area contributed by atoms with E-state index in [1.165, 1.54) is 97.3 Å². The molecule has 67 heavy (non-hydrogen) atoms. The summed E-state index contributed by atoms with van der Waals surface area (Å²) in [5.41, 5.74) is 16.5. The van der Waals surface area contributed by atoms with Gasteiger partial charge in [0.15, 0.2) is 0 Å². The van der Waals surface area contributed by atoms with Gasteiger partial charge in [0.1, 0.15) is 0 Å². The Morgan fingerprint density at radius 1 is 0.299 bits per heavy atom. The largest absolute Gasteiger partial charge is 0.310 e. The third kappa shape index (κ3) is 6.71. The first kappa shape index (κ1) is 38.9. The minimum absolute atomic E-state index is 1.10. The molecule has 314 valence electrons. The van der Waals surface area contributed by atoms with Gasteiger partial charge in [0.2, 0.25) is 0 Å². The maximum atomic E-state index is 2.45. The summed E-state index contributed by atoms with van der Waals surface area (Å²) < 4.78 is 5.04. The number of para-hydroxylation sites is 1. The number of fused-ring (bicyclic) bond motifs is 8. The predicted octanol–water partition coefficient (Wildman–Crippen LogP) is 18.4. The fourth-order valence-electron chi connectivity index (χ4n) is 10.3. The van der Waals surface area contributed by atoms with Gasteiger partial charge in [-0.25, -0.2) is 0 Å². The van der Waals surface area contributed by atoms with Crippen LogP contribution in [0.25, 0.3) is 103 Å². The second kappa shape index (κ2) is 16.2. The van der Waals surface area contributed by atoms with Crippen LogP contribution in [0.4, 0.5) is 17.1 Å². The van der Waals surface area contributed by atoms with Crippen molar-refractivity contribution < 1.29 is 0 Å². The Kier molecular flexibility index (Phi) is 9.40. The van der Waals surface area contributed by atoms with E-state index in [1.807, 2.05) is 11.3 Å². The molecule has 0 aliphatic rings. The predicted molar refractivity (Wildman–Crippen MR) is 288 cm³/mol. The molecule has 2 heterocycles. The molecule has 13 rings (SSSR count). The van der Waals surface area contributed by atoms with Crippen molar-refractivity contribution in [1.29, 1.82) is 0 Å². The number of nitrogens with zero attached hydrogens (tertiary/aromatic N) is 2. The lowest BCUT2D eigenvalue weighted by Crippen LogP contribution is -2.09. The van der Waals surface area contributed by atoms with Crippen molar-refractivity contribution in [2.45, 2.75) is 0 Å². The highest BCUT2D eigenvalue weighted by molar-refractivity contribution is 7.25. The minimum Gasteiger partial charge on any atom is -0.310 e. The molecule has 0 aliphatic carbocycles. The molecule has 3 heteroatoms. The number of hydrogen-bond acceptors (Lipinski definition) is 2. The second-order valence-corrected chi connectivity index (χ2v) is 18.3. The van der Waals surface area contributed by atoms with Crippen LogP contribution >= 0.6 is 11.3 Å². The zero-order chi connectivity index (χ0) is 44.3. The third-order valence-corrected chi connectivity index (χ3v) is 14.6. The normalized spacial score (nSPS) is 11.6. The molecule has 0 saturated heterocycles. The standard InChI is InChI=1S/C64H42N2S/c1-3-15-44(16-4-1)52-20-9-11-23-55(52)56-24-12-10-21-53(56)46-29-35-50(36-30-46)65(51-37-40-63-60(42-51)58-25-13-14-26-62(58)67-63)49-33-27-43(28-34-49)47-32-38-57-59-39-31-45-17-7-8-22-54(45)64(59)66(61(57)41-47)48-18-5-2-6-19-48/h1-42H. The van der Waals surface area contributed by atoms with Crippen molar-refractivity contribution in [3.05, 3.63) is 255 Å². The van der Waals surface area contributed by atoms with Gasteiger partial charge in [-0.1, -0.05) is 188 Å². The van der Waals surface area contributed by atoms with Crippen LogP contribution in [0.2, 0.25) is 0 Å². The average molecular weight is 871 g/mol. The van der Waals surface area contributed by atoms with Crippen molar-refractivity contribution in [3.8, 4) is 50.2 Å². The molecule has 0 fully saturated rings. The summed E-state index contributed by atoms with van der Waals surface area (Å²) in [4.78, 5) is 2.40. The molecule has 11 aromatic carbocycles. The van der Waals surface area contributed by atoms with Gasteiger partial charge in [-0.15, -0.1) is 11.3 Å². The first-order valence-corrected chi connectivity index (χ1v) is 23.7. The van der Waals surface area contributed by atoms with Crippen LogP contribution in [0, 0.1) is 0 Å². The Labute approximate surface area is 393 Å². The van der Waals surface area contributed by atoms with Gasteiger partial charge in [-0.3, -0.25) is 0 Å². The van der Waals surface area contributed by atoms with Crippen LogP contribution in [0.1, 0.15) is 0 Å². The molecule has 2 nitrogen and oxygen atoms in total. The van der Waals surface area contributed by atoms with E-state index in [9.17, 15) is 0 Å². The van der Waals surface area contributed by atoms with Gasteiger partial charge in [-0.2, -0.15) is 0 Å². The van der Waals surface area contributed by atoms with Gasteiger partial charge >= 0.3 is 0 Å². The lowest BCUT2D eigenvalue weighted by Gasteiger charge is -2.26. The summed E-state index contributed by atoms with van der Waals surface area (Å²) in [5, 5.41) is 7.57. The SMILES string of the molecule is c1ccc(-c2ccccc2-c2ccccc2-c2ccc(N(c3ccc(-c4ccc5c6ccc7ccccc7c6n(-c6ccccc6)c5c4)cc3)c3ccc4sc5ccccc5c4c3)cc2)cc1. The number of hydrogen-bond donors (Lipinski definition) is 0. The van der Waals surface area contributed by atoms with Gasteiger partial charge in [0, 0.05) is 59.1 Å². The number of thiophene rings is 1. The molecular weight excluding hydrogens is 829 g/mol. The van der Waals surface area contributed by atoms with Crippen LogP contribution in [0.5, 0.6) is 0 Å². The first-order chi connectivity index (χ1) is 33.2. The van der Waals surface area contributed by atoms with E-state index in [0.29, 0.717) is 0 Å². The second-order valence-electron chi connectivity index (χ2n) is 17.3. The van der Waals surface area contributed by atoms with Gasteiger partial charge in [-0.05, 0) is 117 Å². The smallest absolute Gasteiger partial charge is 0.0619 e. The van der Waals surface area contributed by atoms with E-state index in [1.54, 1.807) is 0 Å². The van der Waals surface area contributed by atoms with Crippen LogP contribution in [0.15, 0.2) is 255 Å². The summed E-state index contributed by atoms with van der Waals surface area (Å²) in [5.74, 6) is 0. The van der Waals surface area contributed by atoms with E-state index < -0.39 is 0 Å². The molecule has 0 aliphatic heterocycles. The molecule has 0 bridgehead atoms. The van der Waals surface area contributed by atoms with Gasteiger partial charge in [0.25, 0.3) is 0 Å². The lowest BCUT2D eigenvalue weighted by atomic mass is 9.89. The summed E-state index contributed by atoms with van der Waals surface area (Å²) in [7, 11) is 0. The molecule has 0 unspecified atom stereocenters. The Morgan fingerprint density at radius 2 is 0.821 bits per heavy atom. The maximum Gasteiger partial charge on any atom is 0.0619 e. The molecule has 2 aromatic heterocycles. The zero-order valence-corrected chi connectivity index (χ0v) is 37.4. The van der Waals surface area contributed by atoms with Crippen molar-refractivity contribution >= 4 is 81.1 Å². The number of benzene rings is 11. The molecule has 0 spiro atoms. The van der Waals surface area contributed by atoms with Crippen molar-refractivity contribution in [1.82, 2.24) is 4.57 Å². The van der Waals surface area contributed by atoms with Crippen LogP contribution < -0.4 is 4.90 Å². The molecule has 0 atom stereocenters. The van der Waals surface area contributed by atoms with Crippen LogP contribution in [-0.4, -0.2) is 4.57 Å². The van der Waals surface area contributed by atoms with Crippen molar-refractivity contribution in [3.63, 3.8) is 0 Å². The molecule has 0 saturated carbocycles. The van der Waals surface area contributed by atoms with Gasteiger partial charge in [0.05, 0.1) is 11.0 Å². The highest BCUT2D eigenvalue weighted by Gasteiger charge is 2.19. The summed E-state index contributed by atoms with van der Waals surface area (Å²) in [6.07, 6.45) is 0. The number of aromatic nitrogens is 1. The van der Waals surface area contributed by atoms with E-state index in [4.69, 9.17) is 0 Å². The quantitative estimate of drug-likeness (QED) is 0.148. The molecule has 0 amide bonds. The fraction of sp³-hybridized carbons (Fsp3) is 0. The molecule has 13 aromatic rings. The Bertz CT molecular complexity index is 3960.